The largest absolute Gasteiger partial charge is 0.341 e. The van der Waals surface area contributed by atoms with Crippen molar-refractivity contribution in [2.24, 2.45) is 5.41 Å². The molecule has 3 aromatic carbocycles. The summed E-state index contributed by atoms with van der Waals surface area (Å²) in [6, 6.07) is 18.3. The van der Waals surface area contributed by atoms with Gasteiger partial charge in [0.1, 0.15) is 5.82 Å². The summed E-state index contributed by atoms with van der Waals surface area (Å²) in [5, 5.41) is 11.6. The Morgan fingerprint density at radius 2 is 1.53 bits per heavy atom. The van der Waals surface area contributed by atoms with Gasteiger partial charge in [0.2, 0.25) is 5.91 Å². The average molecular weight is 536 g/mol. The molecular formula is C29H27ClFN3O4. The van der Waals surface area contributed by atoms with Gasteiger partial charge < -0.3 is 9.80 Å². The molecule has 2 aliphatic heterocycles. The highest BCUT2D eigenvalue weighted by molar-refractivity contribution is 6.30. The fraction of sp³-hybridized carbons (Fsp3) is 0.310. The lowest BCUT2D eigenvalue weighted by Gasteiger charge is -2.54. The molecule has 5 rings (SSSR count). The zero-order valence-electron chi connectivity index (χ0n) is 20.7. The van der Waals surface area contributed by atoms with Gasteiger partial charge in [-0.3, -0.25) is 19.7 Å². The average Bonchev–Trinajstić information content (AvgIpc) is 2.89. The molecule has 0 aliphatic carbocycles. The number of nitro benzene ring substituents is 1. The van der Waals surface area contributed by atoms with Gasteiger partial charge >= 0.3 is 0 Å². The van der Waals surface area contributed by atoms with E-state index in [4.69, 9.17) is 11.6 Å². The standard InChI is InChI=1S/C29H27ClFN3O4/c30-24-8-7-23(26(17-24)34(37)38)16-27(35)33-18-29(19-33)11-13-32(14-12-29)28(36)22-5-1-20(2-6-22)15-21-3-9-25(31)10-4-21/h1-10,17H,11-16,18-19H2. The van der Waals surface area contributed by atoms with Crippen molar-refractivity contribution in [2.45, 2.75) is 25.7 Å². The number of carbonyl (C=O) groups is 2. The minimum Gasteiger partial charge on any atom is -0.341 e. The zero-order valence-corrected chi connectivity index (χ0v) is 21.5. The summed E-state index contributed by atoms with van der Waals surface area (Å²) in [5.74, 6) is -0.404. The number of nitrogens with zero attached hydrogens (tertiary/aromatic N) is 3. The van der Waals surface area contributed by atoms with Crippen LogP contribution in [0.5, 0.6) is 0 Å². The number of amides is 2. The summed E-state index contributed by atoms with van der Waals surface area (Å²) in [4.78, 5) is 40.3. The number of piperidine rings is 1. The highest BCUT2D eigenvalue weighted by atomic mass is 35.5. The van der Waals surface area contributed by atoms with Crippen LogP contribution in [0.1, 0.15) is 39.9 Å². The monoisotopic (exact) mass is 535 g/mol. The normalized spacial score (nSPS) is 16.3. The molecule has 0 saturated carbocycles. The second kappa shape index (κ2) is 10.5. The Bertz CT molecular complexity index is 1360. The van der Waals surface area contributed by atoms with Gasteiger partial charge in [0.05, 0.1) is 11.3 Å². The van der Waals surface area contributed by atoms with Gasteiger partial charge in [-0.15, -0.1) is 0 Å². The Labute approximate surface area is 225 Å². The fourth-order valence-corrected chi connectivity index (χ4v) is 5.52. The summed E-state index contributed by atoms with van der Waals surface area (Å²) in [5.41, 5.74) is 2.90. The summed E-state index contributed by atoms with van der Waals surface area (Å²) < 4.78 is 13.1. The van der Waals surface area contributed by atoms with Crippen LogP contribution in [0.15, 0.2) is 66.7 Å². The third kappa shape index (κ3) is 5.55. The summed E-state index contributed by atoms with van der Waals surface area (Å²) in [7, 11) is 0. The number of carbonyl (C=O) groups excluding carboxylic acids is 2. The van der Waals surface area contributed by atoms with E-state index in [1.165, 1.54) is 24.3 Å². The second-order valence-electron chi connectivity index (χ2n) is 10.2. The molecule has 2 fully saturated rings. The van der Waals surface area contributed by atoms with Crippen molar-refractivity contribution in [2.75, 3.05) is 26.2 Å². The van der Waals surface area contributed by atoms with E-state index >= 15 is 0 Å². The molecule has 1 spiro atoms. The zero-order chi connectivity index (χ0) is 26.9. The highest BCUT2D eigenvalue weighted by Crippen LogP contribution is 2.41. The smallest absolute Gasteiger partial charge is 0.274 e. The van der Waals surface area contributed by atoms with E-state index in [2.05, 4.69) is 0 Å². The number of hydrogen-bond donors (Lipinski definition) is 0. The number of rotatable bonds is 6. The molecule has 2 heterocycles. The molecule has 196 valence electrons. The van der Waals surface area contributed by atoms with Gasteiger partial charge in [-0.05, 0) is 60.7 Å². The molecular weight excluding hydrogens is 509 g/mol. The summed E-state index contributed by atoms with van der Waals surface area (Å²) >= 11 is 5.87. The van der Waals surface area contributed by atoms with Gasteiger partial charge in [0.25, 0.3) is 11.6 Å². The number of nitro groups is 1. The predicted molar refractivity (Wildman–Crippen MR) is 142 cm³/mol. The maximum Gasteiger partial charge on any atom is 0.274 e. The van der Waals surface area contributed by atoms with Crippen molar-refractivity contribution in [3.05, 3.63) is 110 Å². The van der Waals surface area contributed by atoms with Crippen molar-refractivity contribution < 1.29 is 18.9 Å². The number of benzene rings is 3. The Morgan fingerprint density at radius 3 is 2.13 bits per heavy atom. The van der Waals surface area contributed by atoms with Crippen LogP contribution >= 0.6 is 11.6 Å². The molecule has 0 radical (unpaired) electrons. The van der Waals surface area contributed by atoms with Crippen LogP contribution < -0.4 is 0 Å². The van der Waals surface area contributed by atoms with Crippen molar-refractivity contribution in [1.82, 2.24) is 9.80 Å². The molecule has 0 unspecified atom stereocenters. The molecule has 0 atom stereocenters. The first-order chi connectivity index (χ1) is 18.2. The van der Waals surface area contributed by atoms with Crippen molar-refractivity contribution in [3.63, 3.8) is 0 Å². The minimum absolute atomic E-state index is 0.00259. The molecule has 3 aromatic rings. The van der Waals surface area contributed by atoms with Crippen LogP contribution in [0, 0.1) is 21.3 Å². The minimum atomic E-state index is -0.516. The Balaban J connectivity index is 1.12. The van der Waals surface area contributed by atoms with E-state index < -0.39 is 4.92 Å². The van der Waals surface area contributed by atoms with Crippen LogP contribution in [-0.4, -0.2) is 52.7 Å². The lowest BCUT2D eigenvalue weighted by molar-refractivity contribution is -0.385. The summed E-state index contributed by atoms with van der Waals surface area (Å²) in [6.45, 7) is 2.46. The Morgan fingerprint density at radius 1 is 0.921 bits per heavy atom. The maximum absolute atomic E-state index is 13.1. The van der Waals surface area contributed by atoms with Crippen molar-refractivity contribution in [3.8, 4) is 0 Å². The van der Waals surface area contributed by atoms with Gasteiger partial charge in [-0.2, -0.15) is 0 Å². The lowest BCUT2D eigenvalue weighted by atomic mass is 9.71. The van der Waals surface area contributed by atoms with Crippen molar-refractivity contribution in [1.29, 1.82) is 0 Å². The van der Waals surface area contributed by atoms with Gasteiger partial charge in [-0.25, -0.2) is 4.39 Å². The van der Waals surface area contributed by atoms with Crippen LogP contribution in [0.25, 0.3) is 0 Å². The fourth-order valence-electron chi connectivity index (χ4n) is 5.36. The topological polar surface area (TPSA) is 83.8 Å². The van der Waals surface area contributed by atoms with Gasteiger partial charge in [0, 0.05) is 53.8 Å². The molecule has 2 aliphatic rings. The second-order valence-corrected chi connectivity index (χ2v) is 10.7. The molecule has 0 N–H and O–H groups in total. The van der Waals surface area contributed by atoms with E-state index in [-0.39, 0.29) is 40.2 Å². The van der Waals surface area contributed by atoms with Crippen LogP contribution in [-0.2, 0) is 17.6 Å². The molecule has 2 amide bonds. The number of likely N-dealkylation sites (tertiary alicyclic amines) is 2. The number of hydrogen-bond acceptors (Lipinski definition) is 4. The SMILES string of the molecule is O=C(Cc1ccc(Cl)cc1[N+](=O)[O-])N1CC2(CCN(C(=O)c3ccc(Cc4ccc(F)cc4)cc3)CC2)C1. The van der Waals surface area contributed by atoms with Gasteiger partial charge in [-0.1, -0.05) is 41.9 Å². The molecule has 7 nitrogen and oxygen atoms in total. The molecule has 38 heavy (non-hydrogen) atoms. The quantitative estimate of drug-likeness (QED) is 0.317. The summed E-state index contributed by atoms with van der Waals surface area (Å²) in [6.07, 6.45) is 2.26. The van der Waals surface area contributed by atoms with E-state index in [1.54, 1.807) is 23.1 Å². The van der Waals surface area contributed by atoms with E-state index in [1.807, 2.05) is 29.2 Å². The van der Waals surface area contributed by atoms with Crippen LogP contribution in [0.4, 0.5) is 10.1 Å². The Hall–Kier alpha value is -3.78. The van der Waals surface area contributed by atoms with Crippen LogP contribution in [0.2, 0.25) is 5.02 Å². The van der Waals surface area contributed by atoms with Crippen LogP contribution in [0.3, 0.4) is 0 Å². The van der Waals surface area contributed by atoms with E-state index in [0.29, 0.717) is 43.7 Å². The molecule has 0 bridgehead atoms. The third-order valence-electron chi connectivity index (χ3n) is 7.62. The first kappa shape index (κ1) is 25.9. The highest BCUT2D eigenvalue weighted by Gasteiger charge is 2.47. The lowest BCUT2D eigenvalue weighted by Crippen LogP contribution is -2.62. The first-order valence-corrected chi connectivity index (χ1v) is 12.9. The predicted octanol–water partition coefficient (Wildman–Crippen LogP) is 5.29. The third-order valence-corrected chi connectivity index (χ3v) is 7.86. The molecule has 0 aromatic heterocycles. The Kier molecular flexibility index (Phi) is 7.17. The maximum atomic E-state index is 13.1. The van der Waals surface area contributed by atoms with Crippen molar-refractivity contribution >= 4 is 29.1 Å². The molecule has 2 saturated heterocycles. The van der Waals surface area contributed by atoms with E-state index in [9.17, 15) is 24.1 Å². The van der Waals surface area contributed by atoms with Gasteiger partial charge in [0.15, 0.2) is 0 Å². The molecule has 9 heteroatoms. The first-order valence-electron chi connectivity index (χ1n) is 12.5. The van der Waals surface area contributed by atoms with E-state index in [0.717, 1.165) is 24.0 Å². The number of halogens is 2.